The Morgan fingerprint density at radius 1 is 1.40 bits per heavy atom. The van der Waals surface area contributed by atoms with E-state index in [0.717, 1.165) is 10.8 Å². The van der Waals surface area contributed by atoms with E-state index >= 15 is 0 Å². The van der Waals surface area contributed by atoms with Crippen LogP contribution in [0.15, 0.2) is 14.8 Å². The molecule has 2 aromatic rings. The van der Waals surface area contributed by atoms with Crippen molar-refractivity contribution < 1.29 is 12.9 Å². The lowest BCUT2D eigenvalue weighted by Crippen LogP contribution is -2.26. The molecule has 0 spiro atoms. The maximum atomic E-state index is 12.1. The van der Waals surface area contributed by atoms with Crippen LogP contribution in [0.1, 0.15) is 17.1 Å². The third-order valence-corrected chi connectivity index (χ3v) is 5.29. The Bertz CT molecular complexity index is 671. The average molecular weight is 316 g/mol. The zero-order valence-electron chi connectivity index (χ0n) is 11.4. The lowest BCUT2D eigenvalue weighted by Gasteiger charge is -2.04. The van der Waals surface area contributed by atoms with Crippen LogP contribution in [0, 0.1) is 13.8 Å². The van der Waals surface area contributed by atoms with Gasteiger partial charge in [0.1, 0.15) is 10.6 Å². The highest BCUT2D eigenvalue weighted by atomic mass is 32.2. The van der Waals surface area contributed by atoms with Gasteiger partial charge in [-0.25, -0.2) is 18.1 Å². The summed E-state index contributed by atoms with van der Waals surface area (Å²) in [5, 5.41) is 9.30. The molecule has 2 heterocycles. The highest BCUT2D eigenvalue weighted by Crippen LogP contribution is 2.19. The molecular formula is C11H16N4O3S2. The van der Waals surface area contributed by atoms with Crippen LogP contribution in [0.4, 0.5) is 5.13 Å². The van der Waals surface area contributed by atoms with Gasteiger partial charge < -0.3 is 9.84 Å². The fraction of sp³-hybridized carbons (Fsp3) is 0.455. The maximum absolute atomic E-state index is 12.1. The second kappa shape index (κ2) is 5.90. The minimum absolute atomic E-state index is 0.117. The van der Waals surface area contributed by atoms with Gasteiger partial charge in [-0.15, -0.1) is 11.3 Å². The fourth-order valence-corrected chi connectivity index (χ4v) is 3.84. The summed E-state index contributed by atoms with van der Waals surface area (Å²) in [5.41, 5.74) is 1.21. The summed E-state index contributed by atoms with van der Waals surface area (Å²) in [4.78, 5) is 4.41. The van der Waals surface area contributed by atoms with Crippen LogP contribution in [-0.4, -0.2) is 32.2 Å². The molecule has 0 radical (unpaired) electrons. The first-order valence-electron chi connectivity index (χ1n) is 5.98. The van der Waals surface area contributed by atoms with E-state index in [9.17, 15) is 8.42 Å². The monoisotopic (exact) mass is 316 g/mol. The number of hydrogen-bond donors (Lipinski definition) is 2. The van der Waals surface area contributed by atoms with Crippen molar-refractivity contribution in [2.45, 2.75) is 25.2 Å². The average Bonchev–Trinajstić information content (AvgIpc) is 2.96. The van der Waals surface area contributed by atoms with Gasteiger partial charge in [0.2, 0.25) is 10.0 Å². The number of rotatable bonds is 6. The van der Waals surface area contributed by atoms with Crippen LogP contribution in [0.25, 0.3) is 0 Å². The summed E-state index contributed by atoms with van der Waals surface area (Å²) in [6.07, 6.45) is 0.529. The van der Waals surface area contributed by atoms with Gasteiger partial charge in [0.25, 0.3) is 0 Å². The van der Waals surface area contributed by atoms with Crippen molar-refractivity contribution in [3.8, 4) is 0 Å². The lowest BCUT2D eigenvalue weighted by molar-refractivity contribution is 0.390. The molecular weight excluding hydrogens is 300 g/mol. The molecule has 0 aromatic carbocycles. The highest BCUT2D eigenvalue weighted by Gasteiger charge is 2.23. The summed E-state index contributed by atoms with van der Waals surface area (Å²) >= 11 is 1.49. The van der Waals surface area contributed by atoms with Crippen LogP contribution < -0.4 is 10.0 Å². The minimum Gasteiger partial charge on any atom is -0.365 e. The third kappa shape index (κ3) is 3.17. The first kappa shape index (κ1) is 14.9. The number of nitrogens with one attached hydrogen (secondary N) is 2. The van der Waals surface area contributed by atoms with Crippen LogP contribution >= 0.6 is 11.3 Å². The molecule has 7 nitrogen and oxygen atoms in total. The van der Waals surface area contributed by atoms with E-state index in [1.165, 1.54) is 11.3 Å². The van der Waals surface area contributed by atoms with E-state index in [4.69, 9.17) is 4.52 Å². The number of anilines is 1. The van der Waals surface area contributed by atoms with E-state index < -0.39 is 10.0 Å². The Hall–Kier alpha value is -1.45. The number of thiazole rings is 1. The summed E-state index contributed by atoms with van der Waals surface area (Å²) < 4.78 is 31.7. The molecule has 0 fully saturated rings. The predicted molar refractivity (Wildman–Crippen MR) is 76.5 cm³/mol. The van der Waals surface area contributed by atoms with Crippen molar-refractivity contribution in [3.63, 3.8) is 0 Å². The van der Waals surface area contributed by atoms with Crippen LogP contribution in [0.2, 0.25) is 0 Å². The third-order valence-electron chi connectivity index (χ3n) is 2.68. The molecule has 2 N–H and O–H groups in total. The van der Waals surface area contributed by atoms with Gasteiger partial charge in [0.05, 0.1) is 5.69 Å². The first-order valence-corrected chi connectivity index (χ1v) is 8.35. The minimum atomic E-state index is -3.59. The standard InChI is InChI=1S/C11H16N4O3S2/c1-7-10(8(2)18-15-7)20(16,17)13-5-4-9-6-19-11(12-3)14-9/h6,13H,4-5H2,1-3H3,(H,12,14). The molecule has 0 aliphatic heterocycles. The number of hydrogen-bond acceptors (Lipinski definition) is 7. The first-order chi connectivity index (χ1) is 9.44. The molecule has 0 atom stereocenters. The smallest absolute Gasteiger partial charge is 0.245 e. The molecule has 2 rings (SSSR count). The van der Waals surface area contributed by atoms with Gasteiger partial charge in [0, 0.05) is 25.4 Å². The van der Waals surface area contributed by atoms with Crippen molar-refractivity contribution in [3.05, 3.63) is 22.5 Å². The molecule has 2 aromatic heterocycles. The largest absolute Gasteiger partial charge is 0.365 e. The number of aryl methyl sites for hydroxylation is 2. The quantitative estimate of drug-likeness (QED) is 0.834. The van der Waals surface area contributed by atoms with Crippen LogP contribution in [-0.2, 0) is 16.4 Å². The summed E-state index contributed by atoms with van der Waals surface area (Å²) in [5.74, 6) is 0.293. The molecule has 20 heavy (non-hydrogen) atoms. The summed E-state index contributed by atoms with van der Waals surface area (Å²) in [7, 11) is -1.80. The SMILES string of the molecule is CNc1nc(CCNS(=O)(=O)c2c(C)noc2C)cs1. The Morgan fingerprint density at radius 3 is 2.70 bits per heavy atom. The van der Waals surface area contributed by atoms with Gasteiger partial charge >= 0.3 is 0 Å². The van der Waals surface area contributed by atoms with E-state index in [1.54, 1.807) is 20.9 Å². The summed E-state index contributed by atoms with van der Waals surface area (Å²) in [6.45, 7) is 3.46. The Labute approximate surface area is 121 Å². The Morgan fingerprint density at radius 2 is 2.15 bits per heavy atom. The molecule has 9 heteroatoms. The van der Waals surface area contributed by atoms with Gasteiger partial charge in [-0.05, 0) is 13.8 Å². The zero-order valence-corrected chi connectivity index (χ0v) is 13.1. The van der Waals surface area contributed by atoms with Crippen molar-refractivity contribution in [1.82, 2.24) is 14.9 Å². The molecule has 0 bridgehead atoms. The van der Waals surface area contributed by atoms with Crippen molar-refractivity contribution >= 4 is 26.5 Å². The van der Waals surface area contributed by atoms with E-state index in [-0.39, 0.29) is 11.4 Å². The zero-order chi connectivity index (χ0) is 14.8. The van der Waals surface area contributed by atoms with Gasteiger partial charge in [-0.3, -0.25) is 0 Å². The molecule has 0 saturated heterocycles. The Kier molecular flexibility index (Phi) is 4.41. The summed E-state index contributed by atoms with van der Waals surface area (Å²) in [6, 6.07) is 0. The molecule has 0 aliphatic carbocycles. The molecule has 0 unspecified atom stereocenters. The van der Waals surface area contributed by atoms with Gasteiger partial charge in [0.15, 0.2) is 10.9 Å². The fourth-order valence-electron chi connectivity index (χ4n) is 1.78. The topological polar surface area (TPSA) is 97.1 Å². The number of sulfonamides is 1. The van der Waals surface area contributed by atoms with Crippen LogP contribution in [0.5, 0.6) is 0 Å². The Balaban J connectivity index is 2.00. The van der Waals surface area contributed by atoms with Crippen molar-refractivity contribution in [1.29, 1.82) is 0 Å². The van der Waals surface area contributed by atoms with Crippen molar-refractivity contribution in [2.24, 2.45) is 0 Å². The molecule has 0 aliphatic rings. The number of nitrogens with zero attached hydrogens (tertiary/aromatic N) is 2. The normalized spacial score (nSPS) is 11.8. The predicted octanol–water partition coefficient (Wildman–Crippen LogP) is 1.31. The number of aromatic nitrogens is 2. The van der Waals surface area contributed by atoms with Gasteiger partial charge in [-0.2, -0.15) is 0 Å². The van der Waals surface area contributed by atoms with E-state index in [1.807, 2.05) is 5.38 Å². The lowest BCUT2D eigenvalue weighted by atomic mass is 10.3. The maximum Gasteiger partial charge on any atom is 0.245 e. The highest BCUT2D eigenvalue weighted by molar-refractivity contribution is 7.89. The molecule has 0 amide bonds. The second-order valence-corrected chi connectivity index (χ2v) is 6.76. The van der Waals surface area contributed by atoms with E-state index in [0.29, 0.717) is 17.9 Å². The van der Waals surface area contributed by atoms with E-state index in [2.05, 4.69) is 20.2 Å². The van der Waals surface area contributed by atoms with Crippen LogP contribution in [0.3, 0.4) is 0 Å². The van der Waals surface area contributed by atoms with Crippen molar-refractivity contribution in [2.75, 3.05) is 18.9 Å². The molecule has 0 saturated carbocycles. The second-order valence-electron chi connectivity index (χ2n) is 4.20. The molecule has 110 valence electrons. The van der Waals surface area contributed by atoms with Gasteiger partial charge in [-0.1, -0.05) is 5.16 Å².